The van der Waals surface area contributed by atoms with E-state index in [1.165, 1.54) is 17.8 Å². The number of furan rings is 1. The van der Waals surface area contributed by atoms with Crippen molar-refractivity contribution in [3.05, 3.63) is 47.9 Å². The zero-order valence-electron chi connectivity index (χ0n) is 14.3. The zero-order chi connectivity index (χ0) is 18.8. The number of benzene rings is 1. The van der Waals surface area contributed by atoms with Gasteiger partial charge in [-0.15, -0.1) is 10.2 Å². The van der Waals surface area contributed by atoms with Crippen LogP contribution in [-0.2, 0) is 11.8 Å². The molecule has 1 N–H and O–H groups in total. The minimum absolute atomic E-state index is 0.189. The van der Waals surface area contributed by atoms with Crippen molar-refractivity contribution in [1.29, 1.82) is 0 Å². The Labute approximate surface area is 152 Å². The summed E-state index contributed by atoms with van der Waals surface area (Å²) in [4.78, 5) is 12.3. The molecule has 1 amide bonds. The minimum atomic E-state index is -1.02. The Balaban J connectivity index is 1.70. The normalized spacial score (nSPS) is 12.2. The maximum absolute atomic E-state index is 13.2. The van der Waals surface area contributed by atoms with Crippen molar-refractivity contribution in [3.8, 4) is 11.4 Å². The molecule has 1 atom stereocenters. The second kappa shape index (κ2) is 7.28. The average molecular weight is 378 g/mol. The Morgan fingerprint density at radius 2 is 2.04 bits per heavy atom. The van der Waals surface area contributed by atoms with Gasteiger partial charge in [0.25, 0.3) is 0 Å². The highest BCUT2D eigenvalue weighted by atomic mass is 32.2. The van der Waals surface area contributed by atoms with Gasteiger partial charge in [0.05, 0.1) is 17.1 Å². The number of halogens is 2. The first-order valence-corrected chi connectivity index (χ1v) is 8.61. The Hall–Kier alpha value is -2.68. The molecule has 0 bridgehead atoms. The van der Waals surface area contributed by atoms with E-state index in [-0.39, 0.29) is 11.6 Å². The highest BCUT2D eigenvalue weighted by molar-refractivity contribution is 8.00. The molecule has 9 heteroatoms. The molecule has 0 aliphatic rings. The van der Waals surface area contributed by atoms with Crippen LogP contribution in [-0.4, -0.2) is 25.9 Å². The van der Waals surface area contributed by atoms with Crippen LogP contribution in [0.4, 0.5) is 14.5 Å². The van der Waals surface area contributed by atoms with E-state index >= 15 is 0 Å². The van der Waals surface area contributed by atoms with Crippen LogP contribution in [0.25, 0.3) is 11.4 Å². The van der Waals surface area contributed by atoms with Crippen LogP contribution in [0.2, 0.25) is 0 Å². The summed E-state index contributed by atoms with van der Waals surface area (Å²) in [5, 5.41) is 10.8. The molecule has 6 nitrogen and oxygen atoms in total. The number of nitrogens with one attached hydrogen (secondary N) is 1. The molecule has 0 spiro atoms. The zero-order valence-corrected chi connectivity index (χ0v) is 15.1. The molecule has 2 heterocycles. The standard InChI is InChI=1S/C17H16F2N4O2S/c1-9-12(6-7-25-9)15-21-22-17(23(15)3)26-10(2)16(24)20-11-4-5-13(18)14(19)8-11/h4-8,10H,1-3H3,(H,20,24)/t10-/m1/s1. The number of anilines is 1. The van der Waals surface area contributed by atoms with Crippen LogP contribution in [0.1, 0.15) is 12.7 Å². The van der Waals surface area contributed by atoms with E-state index in [2.05, 4.69) is 15.5 Å². The van der Waals surface area contributed by atoms with Crippen molar-refractivity contribution >= 4 is 23.4 Å². The molecule has 1 aromatic carbocycles. The van der Waals surface area contributed by atoms with E-state index in [1.807, 2.05) is 6.92 Å². The first-order chi connectivity index (χ1) is 12.4. The van der Waals surface area contributed by atoms with Gasteiger partial charge in [-0.05, 0) is 32.0 Å². The van der Waals surface area contributed by atoms with E-state index in [0.717, 1.165) is 23.5 Å². The van der Waals surface area contributed by atoms with Crippen molar-refractivity contribution in [3.63, 3.8) is 0 Å². The SMILES string of the molecule is Cc1occc1-c1nnc(S[C@H](C)C(=O)Nc2ccc(F)c(F)c2)n1C. The molecule has 3 rings (SSSR count). The molecule has 3 aromatic rings. The number of rotatable bonds is 5. The third-order valence-electron chi connectivity index (χ3n) is 3.77. The number of carbonyl (C=O) groups is 1. The molecule has 0 aliphatic heterocycles. The number of amides is 1. The highest BCUT2D eigenvalue weighted by Gasteiger charge is 2.21. The van der Waals surface area contributed by atoms with Crippen molar-refractivity contribution in [2.75, 3.05) is 5.32 Å². The summed E-state index contributed by atoms with van der Waals surface area (Å²) < 4.78 is 33.2. The summed E-state index contributed by atoms with van der Waals surface area (Å²) in [7, 11) is 1.80. The van der Waals surface area contributed by atoms with Gasteiger partial charge in [-0.2, -0.15) is 0 Å². The lowest BCUT2D eigenvalue weighted by Gasteiger charge is -2.12. The summed E-state index contributed by atoms with van der Waals surface area (Å²) in [6.07, 6.45) is 1.57. The molecular weight excluding hydrogens is 362 g/mol. The van der Waals surface area contributed by atoms with E-state index in [1.54, 1.807) is 30.9 Å². The van der Waals surface area contributed by atoms with E-state index in [4.69, 9.17) is 4.42 Å². The molecule has 0 fully saturated rings. The monoisotopic (exact) mass is 378 g/mol. The second-order valence-electron chi connectivity index (χ2n) is 5.63. The van der Waals surface area contributed by atoms with Gasteiger partial charge in [0, 0.05) is 18.8 Å². The van der Waals surface area contributed by atoms with E-state index in [9.17, 15) is 13.6 Å². The number of hydrogen-bond acceptors (Lipinski definition) is 5. The minimum Gasteiger partial charge on any atom is -0.469 e. The van der Waals surface area contributed by atoms with Gasteiger partial charge in [-0.3, -0.25) is 4.79 Å². The van der Waals surface area contributed by atoms with Crippen LogP contribution >= 0.6 is 11.8 Å². The molecular formula is C17H16F2N4O2S. The number of thioether (sulfide) groups is 1. The first kappa shape index (κ1) is 18.1. The van der Waals surface area contributed by atoms with Gasteiger partial charge in [0.2, 0.25) is 5.91 Å². The Morgan fingerprint density at radius 1 is 1.27 bits per heavy atom. The lowest BCUT2D eigenvalue weighted by atomic mass is 10.2. The van der Waals surface area contributed by atoms with Gasteiger partial charge in [0.15, 0.2) is 22.6 Å². The lowest BCUT2D eigenvalue weighted by Crippen LogP contribution is -2.23. The van der Waals surface area contributed by atoms with Gasteiger partial charge in [0.1, 0.15) is 5.76 Å². The largest absolute Gasteiger partial charge is 0.469 e. The lowest BCUT2D eigenvalue weighted by molar-refractivity contribution is -0.115. The molecule has 0 aliphatic carbocycles. The fourth-order valence-electron chi connectivity index (χ4n) is 2.30. The first-order valence-electron chi connectivity index (χ1n) is 7.73. The van der Waals surface area contributed by atoms with E-state index < -0.39 is 16.9 Å². The summed E-state index contributed by atoms with van der Waals surface area (Å²) in [6.45, 7) is 3.52. The van der Waals surface area contributed by atoms with Crippen LogP contribution in [0.5, 0.6) is 0 Å². The van der Waals surface area contributed by atoms with Gasteiger partial charge in [-0.25, -0.2) is 8.78 Å². The molecule has 26 heavy (non-hydrogen) atoms. The third kappa shape index (κ3) is 3.62. The number of nitrogens with zero attached hydrogens (tertiary/aromatic N) is 3. The van der Waals surface area contributed by atoms with Crippen molar-refractivity contribution in [2.45, 2.75) is 24.3 Å². The number of aryl methyl sites for hydroxylation is 1. The number of hydrogen-bond donors (Lipinski definition) is 1. The molecule has 136 valence electrons. The maximum Gasteiger partial charge on any atom is 0.237 e. The molecule has 0 unspecified atom stereocenters. The summed E-state index contributed by atoms with van der Waals surface area (Å²) in [5.74, 6) is -0.985. The van der Waals surface area contributed by atoms with Gasteiger partial charge < -0.3 is 14.3 Å². The van der Waals surface area contributed by atoms with Gasteiger partial charge >= 0.3 is 0 Å². The molecule has 0 radical (unpaired) electrons. The predicted octanol–water partition coefficient (Wildman–Crippen LogP) is 3.78. The smallest absolute Gasteiger partial charge is 0.237 e. The quantitative estimate of drug-likeness (QED) is 0.684. The topological polar surface area (TPSA) is 72.9 Å². The summed E-state index contributed by atoms with van der Waals surface area (Å²) >= 11 is 1.21. The summed E-state index contributed by atoms with van der Waals surface area (Å²) in [6, 6.07) is 5.00. The van der Waals surface area contributed by atoms with Crippen LogP contribution < -0.4 is 5.32 Å². The van der Waals surface area contributed by atoms with Crippen LogP contribution in [0.15, 0.2) is 40.1 Å². The fourth-order valence-corrected chi connectivity index (χ4v) is 3.11. The third-order valence-corrected chi connectivity index (χ3v) is 4.91. The molecule has 2 aromatic heterocycles. The van der Waals surface area contributed by atoms with Crippen molar-refractivity contribution in [2.24, 2.45) is 7.05 Å². The van der Waals surface area contributed by atoms with Crippen LogP contribution in [0.3, 0.4) is 0 Å². The predicted molar refractivity (Wildman–Crippen MR) is 93.7 cm³/mol. The number of carbonyl (C=O) groups excluding carboxylic acids is 1. The second-order valence-corrected chi connectivity index (χ2v) is 6.94. The van der Waals surface area contributed by atoms with Gasteiger partial charge in [-0.1, -0.05) is 11.8 Å². The summed E-state index contributed by atoms with van der Waals surface area (Å²) in [5.41, 5.74) is 1.01. The average Bonchev–Trinajstić information content (AvgIpc) is 3.17. The highest BCUT2D eigenvalue weighted by Crippen LogP contribution is 2.28. The molecule has 0 saturated heterocycles. The van der Waals surface area contributed by atoms with Crippen molar-refractivity contribution < 1.29 is 18.0 Å². The Kier molecular flexibility index (Phi) is 5.08. The molecule has 0 saturated carbocycles. The van der Waals surface area contributed by atoms with E-state index in [0.29, 0.717) is 11.0 Å². The van der Waals surface area contributed by atoms with Crippen molar-refractivity contribution in [1.82, 2.24) is 14.8 Å². The number of aromatic nitrogens is 3. The Morgan fingerprint density at radius 3 is 2.69 bits per heavy atom. The van der Waals surface area contributed by atoms with Crippen LogP contribution in [0, 0.1) is 18.6 Å². The fraction of sp³-hybridized carbons (Fsp3) is 0.235. The Bertz CT molecular complexity index is 954. The maximum atomic E-state index is 13.2.